The lowest BCUT2D eigenvalue weighted by atomic mass is 9.86. The zero-order valence-electron chi connectivity index (χ0n) is 18.8. The number of alkyl carbamates (subject to hydrolysis) is 1. The highest BCUT2D eigenvalue weighted by atomic mass is 16.5. The van der Waals surface area contributed by atoms with Gasteiger partial charge in [0.05, 0.1) is 6.42 Å². The van der Waals surface area contributed by atoms with Gasteiger partial charge in [-0.3, -0.25) is 9.59 Å². The van der Waals surface area contributed by atoms with Crippen LogP contribution in [0.15, 0.2) is 48.5 Å². The largest absolute Gasteiger partial charge is 0.481 e. The molecule has 3 atom stereocenters. The van der Waals surface area contributed by atoms with E-state index < -0.39 is 30.4 Å². The number of carboxylic acid groups (broad SMARTS) is 1. The lowest BCUT2D eigenvalue weighted by molar-refractivity contribution is -0.140. The van der Waals surface area contributed by atoms with E-state index in [-0.39, 0.29) is 18.6 Å². The maximum absolute atomic E-state index is 12.8. The van der Waals surface area contributed by atoms with Crippen LogP contribution >= 0.6 is 0 Å². The Morgan fingerprint density at radius 3 is 2.21 bits per heavy atom. The van der Waals surface area contributed by atoms with Crippen LogP contribution in [-0.4, -0.2) is 41.8 Å². The Labute approximate surface area is 193 Å². The molecule has 0 radical (unpaired) electrons. The molecular formula is C26H30N2O5. The quantitative estimate of drug-likeness (QED) is 0.590. The third-order valence-electron chi connectivity index (χ3n) is 6.77. The number of carbonyl (C=O) groups is 3. The van der Waals surface area contributed by atoms with Crippen LogP contribution in [0.25, 0.3) is 11.1 Å². The topological polar surface area (TPSA) is 105 Å². The number of benzene rings is 2. The summed E-state index contributed by atoms with van der Waals surface area (Å²) in [7, 11) is 0. The Kier molecular flexibility index (Phi) is 6.96. The van der Waals surface area contributed by atoms with E-state index in [2.05, 4.69) is 17.6 Å². The molecule has 2 aromatic carbocycles. The van der Waals surface area contributed by atoms with Gasteiger partial charge in [-0.25, -0.2) is 4.79 Å². The molecule has 3 N–H and O–H groups in total. The van der Waals surface area contributed by atoms with E-state index in [0.717, 1.165) is 47.9 Å². The molecule has 7 heteroatoms. The van der Waals surface area contributed by atoms with Gasteiger partial charge in [-0.1, -0.05) is 68.3 Å². The predicted octanol–water partition coefficient (Wildman–Crippen LogP) is 4.06. The van der Waals surface area contributed by atoms with Crippen LogP contribution in [0.1, 0.15) is 56.1 Å². The Hall–Kier alpha value is -3.35. The molecule has 1 saturated carbocycles. The number of hydrogen-bond acceptors (Lipinski definition) is 4. The van der Waals surface area contributed by atoms with Crippen molar-refractivity contribution in [2.24, 2.45) is 5.92 Å². The van der Waals surface area contributed by atoms with Gasteiger partial charge in [-0.2, -0.15) is 0 Å². The maximum Gasteiger partial charge on any atom is 0.407 e. The van der Waals surface area contributed by atoms with Crippen molar-refractivity contribution in [1.29, 1.82) is 0 Å². The second-order valence-corrected chi connectivity index (χ2v) is 9.00. The number of fused-ring (bicyclic) bond motifs is 3. The number of carbonyl (C=O) groups excluding carboxylic acids is 2. The average molecular weight is 451 g/mol. The molecule has 0 aromatic heterocycles. The van der Waals surface area contributed by atoms with Crippen LogP contribution in [0.2, 0.25) is 0 Å². The molecule has 0 bridgehead atoms. The highest BCUT2D eigenvalue weighted by molar-refractivity contribution is 5.89. The van der Waals surface area contributed by atoms with E-state index in [1.54, 1.807) is 0 Å². The van der Waals surface area contributed by atoms with Gasteiger partial charge in [-0.15, -0.1) is 0 Å². The van der Waals surface area contributed by atoms with E-state index in [9.17, 15) is 19.5 Å². The minimum absolute atomic E-state index is 0.00754. The first-order valence-electron chi connectivity index (χ1n) is 11.6. The Bertz CT molecular complexity index is 991. The maximum atomic E-state index is 12.8. The third kappa shape index (κ3) is 5.18. The summed E-state index contributed by atoms with van der Waals surface area (Å²) in [5, 5.41) is 14.7. The first-order chi connectivity index (χ1) is 15.9. The molecule has 1 fully saturated rings. The van der Waals surface area contributed by atoms with Crippen LogP contribution in [-0.2, 0) is 14.3 Å². The molecule has 0 heterocycles. The van der Waals surface area contributed by atoms with Crippen molar-refractivity contribution in [3.63, 3.8) is 0 Å². The second-order valence-electron chi connectivity index (χ2n) is 9.00. The van der Waals surface area contributed by atoms with Gasteiger partial charge in [-0.05, 0) is 41.0 Å². The molecule has 0 spiro atoms. The van der Waals surface area contributed by atoms with Gasteiger partial charge in [0.2, 0.25) is 5.91 Å². The van der Waals surface area contributed by atoms with E-state index >= 15 is 0 Å². The molecule has 0 saturated heterocycles. The van der Waals surface area contributed by atoms with Crippen molar-refractivity contribution < 1.29 is 24.2 Å². The van der Waals surface area contributed by atoms with Crippen molar-refractivity contribution in [1.82, 2.24) is 10.6 Å². The Balaban J connectivity index is 1.40. The van der Waals surface area contributed by atoms with Crippen molar-refractivity contribution in [3.05, 3.63) is 59.7 Å². The van der Waals surface area contributed by atoms with Crippen molar-refractivity contribution in [2.75, 3.05) is 6.61 Å². The molecule has 3 unspecified atom stereocenters. The predicted molar refractivity (Wildman–Crippen MR) is 124 cm³/mol. The van der Waals surface area contributed by atoms with Crippen LogP contribution in [0.3, 0.4) is 0 Å². The zero-order valence-corrected chi connectivity index (χ0v) is 18.8. The van der Waals surface area contributed by atoms with Gasteiger partial charge in [0.25, 0.3) is 0 Å². The lowest BCUT2D eigenvalue weighted by Gasteiger charge is -2.30. The van der Waals surface area contributed by atoms with Gasteiger partial charge in [0, 0.05) is 12.0 Å². The summed E-state index contributed by atoms with van der Waals surface area (Å²) in [5.74, 6) is -1.43. The molecule has 2 aromatic rings. The van der Waals surface area contributed by atoms with Gasteiger partial charge < -0.3 is 20.5 Å². The summed E-state index contributed by atoms with van der Waals surface area (Å²) in [5.41, 5.74) is 4.40. The second kappa shape index (κ2) is 10.1. The highest BCUT2D eigenvalue weighted by Crippen LogP contribution is 2.44. The number of aliphatic carboxylic acids is 1. The van der Waals surface area contributed by atoms with Crippen LogP contribution < -0.4 is 10.6 Å². The summed E-state index contributed by atoms with van der Waals surface area (Å²) in [6, 6.07) is 14.8. The van der Waals surface area contributed by atoms with E-state index in [1.807, 2.05) is 48.5 Å². The standard InChI is InChI=1S/C26H30N2O5/c1-16-8-2-7-13-22(16)27-25(31)23(14-24(29)30)28-26(32)33-15-21-19-11-5-3-9-17(19)18-10-4-6-12-20(18)21/h3-6,9-12,16,21-23H,2,7-8,13-15H2,1H3,(H,27,31)(H,28,32)(H,29,30). The van der Waals surface area contributed by atoms with Crippen LogP contribution in [0, 0.1) is 5.92 Å². The van der Waals surface area contributed by atoms with Crippen LogP contribution in [0.4, 0.5) is 4.79 Å². The molecule has 2 aliphatic carbocycles. The molecular weight excluding hydrogens is 420 g/mol. The minimum atomic E-state index is -1.19. The fraction of sp³-hybridized carbons (Fsp3) is 0.423. The van der Waals surface area contributed by atoms with Crippen LogP contribution in [0.5, 0.6) is 0 Å². The Morgan fingerprint density at radius 1 is 1.00 bits per heavy atom. The van der Waals surface area contributed by atoms with Crippen molar-refractivity contribution >= 4 is 18.0 Å². The normalized spacial score (nSPS) is 20.3. The average Bonchev–Trinajstić information content (AvgIpc) is 3.12. The molecule has 0 aliphatic heterocycles. The molecule has 2 aliphatic rings. The van der Waals surface area contributed by atoms with E-state index in [4.69, 9.17) is 4.74 Å². The first-order valence-corrected chi connectivity index (χ1v) is 11.6. The monoisotopic (exact) mass is 450 g/mol. The van der Waals surface area contributed by atoms with Crippen molar-refractivity contribution in [2.45, 2.75) is 57.0 Å². The summed E-state index contributed by atoms with van der Waals surface area (Å²) >= 11 is 0. The van der Waals surface area contributed by atoms with Crippen molar-refractivity contribution in [3.8, 4) is 11.1 Å². The number of rotatable bonds is 7. The smallest absolute Gasteiger partial charge is 0.407 e. The number of ether oxygens (including phenoxy) is 1. The summed E-state index contributed by atoms with van der Waals surface area (Å²) in [6.07, 6.45) is 2.74. The Morgan fingerprint density at radius 2 is 1.61 bits per heavy atom. The number of amides is 2. The minimum Gasteiger partial charge on any atom is -0.481 e. The van der Waals surface area contributed by atoms with E-state index in [1.165, 1.54) is 0 Å². The third-order valence-corrected chi connectivity index (χ3v) is 6.77. The number of nitrogens with one attached hydrogen (secondary N) is 2. The molecule has 2 amide bonds. The fourth-order valence-corrected chi connectivity index (χ4v) is 4.98. The SMILES string of the molecule is CC1CCCCC1NC(=O)C(CC(=O)O)NC(=O)OCC1c2ccccc2-c2ccccc21. The summed E-state index contributed by atoms with van der Waals surface area (Å²) in [6.45, 7) is 2.18. The molecule has 174 valence electrons. The first kappa shape index (κ1) is 22.8. The summed E-state index contributed by atoms with van der Waals surface area (Å²) < 4.78 is 5.49. The van der Waals surface area contributed by atoms with E-state index in [0.29, 0.717) is 5.92 Å². The zero-order chi connectivity index (χ0) is 23.4. The lowest BCUT2D eigenvalue weighted by Crippen LogP contribution is -2.52. The number of carboxylic acids is 1. The molecule has 7 nitrogen and oxygen atoms in total. The fourth-order valence-electron chi connectivity index (χ4n) is 4.98. The van der Waals surface area contributed by atoms with Gasteiger partial charge >= 0.3 is 12.1 Å². The summed E-state index contributed by atoms with van der Waals surface area (Å²) in [4.78, 5) is 36.7. The van der Waals surface area contributed by atoms with Gasteiger partial charge in [0.1, 0.15) is 12.6 Å². The molecule has 33 heavy (non-hydrogen) atoms. The molecule has 4 rings (SSSR count). The number of hydrogen-bond donors (Lipinski definition) is 3. The highest BCUT2D eigenvalue weighted by Gasteiger charge is 2.31. The van der Waals surface area contributed by atoms with Gasteiger partial charge in [0.15, 0.2) is 0 Å².